The van der Waals surface area contributed by atoms with E-state index in [0.29, 0.717) is 0 Å². The van der Waals surface area contributed by atoms with Crippen LogP contribution in [0.25, 0.3) is 0 Å². The molecule has 1 unspecified atom stereocenters. The van der Waals surface area contributed by atoms with E-state index in [1.165, 1.54) is 4.88 Å². The molecule has 0 aliphatic heterocycles. The molecular weight excluding hydrogens is 334 g/mol. The topological polar surface area (TPSA) is 29.9 Å². The molecule has 0 aliphatic rings. The molecule has 18 heavy (non-hydrogen) atoms. The van der Waals surface area contributed by atoms with Gasteiger partial charge in [-0.15, -0.1) is 11.3 Å². The zero-order valence-electron chi connectivity index (χ0n) is 10.5. The standard InChI is InChI=1S/C12H15BrClN3S/c1-7-11(14)10(17(3)16-7)6-9(15-2)12-8(13)4-5-18-12/h4-5,9,15H,6H2,1-3H3. The predicted molar refractivity (Wildman–Crippen MR) is 80.5 cm³/mol. The van der Waals surface area contributed by atoms with Crippen molar-refractivity contribution in [3.8, 4) is 0 Å². The van der Waals surface area contributed by atoms with Gasteiger partial charge in [-0.3, -0.25) is 4.68 Å². The highest BCUT2D eigenvalue weighted by Gasteiger charge is 2.19. The smallest absolute Gasteiger partial charge is 0.0847 e. The Hall–Kier alpha value is -0.360. The maximum Gasteiger partial charge on any atom is 0.0847 e. The van der Waals surface area contributed by atoms with Crippen molar-refractivity contribution in [3.05, 3.63) is 37.2 Å². The van der Waals surface area contributed by atoms with E-state index in [-0.39, 0.29) is 6.04 Å². The third kappa shape index (κ3) is 2.64. The number of hydrogen-bond acceptors (Lipinski definition) is 3. The Balaban J connectivity index is 2.29. The summed E-state index contributed by atoms with van der Waals surface area (Å²) in [6.45, 7) is 1.93. The first kappa shape index (κ1) is 14.1. The van der Waals surface area contributed by atoms with Crippen molar-refractivity contribution in [1.29, 1.82) is 0 Å². The monoisotopic (exact) mass is 347 g/mol. The van der Waals surface area contributed by atoms with Crippen LogP contribution in [0, 0.1) is 6.92 Å². The zero-order chi connectivity index (χ0) is 13.3. The maximum atomic E-state index is 6.30. The molecule has 98 valence electrons. The summed E-state index contributed by atoms with van der Waals surface area (Å²) in [5.74, 6) is 0. The second kappa shape index (κ2) is 5.74. The predicted octanol–water partition coefficient (Wildman–Crippen LogP) is 3.71. The van der Waals surface area contributed by atoms with Crippen LogP contribution in [0.15, 0.2) is 15.9 Å². The minimum atomic E-state index is 0.242. The number of likely N-dealkylation sites (N-methyl/N-ethyl adjacent to an activating group) is 1. The molecule has 0 saturated carbocycles. The van der Waals surface area contributed by atoms with Crippen LogP contribution in [-0.2, 0) is 13.5 Å². The summed E-state index contributed by atoms with van der Waals surface area (Å²) in [7, 11) is 3.90. The van der Waals surface area contributed by atoms with E-state index in [1.54, 1.807) is 11.3 Å². The number of aryl methyl sites for hydroxylation is 2. The fourth-order valence-corrected chi connectivity index (χ4v) is 3.97. The summed E-state index contributed by atoms with van der Waals surface area (Å²) in [6, 6.07) is 2.31. The number of nitrogens with one attached hydrogen (secondary N) is 1. The van der Waals surface area contributed by atoms with Gasteiger partial charge in [-0.05, 0) is 41.3 Å². The Morgan fingerprint density at radius 1 is 1.61 bits per heavy atom. The van der Waals surface area contributed by atoms with E-state index in [4.69, 9.17) is 11.6 Å². The molecule has 0 radical (unpaired) electrons. The third-order valence-corrected chi connectivity index (χ3v) is 5.44. The number of hydrogen-bond donors (Lipinski definition) is 1. The maximum absolute atomic E-state index is 6.30. The SMILES string of the molecule is CNC(Cc1c(Cl)c(C)nn1C)c1sccc1Br. The fourth-order valence-electron chi connectivity index (χ4n) is 1.98. The molecule has 0 bridgehead atoms. The molecule has 0 spiro atoms. The summed E-state index contributed by atoms with van der Waals surface area (Å²) in [4.78, 5) is 1.28. The van der Waals surface area contributed by atoms with Crippen LogP contribution in [0.5, 0.6) is 0 Å². The van der Waals surface area contributed by atoms with E-state index in [1.807, 2.05) is 25.7 Å². The lowest BCUT2D eigenvalue weighted by atomic mass is 10.1. The molecule has 2 rings (SSSR count). The van der Waals surface area contributed by atoms with Crippen LogP contribution < -0.4 is 5.32 Å². The van der Waals surface area contributed by atoms with Crippen molar-refractivity contribution < 1.29 is 0 Å². The largest absolute Gasteiger partial charge is 0.312 e. The number of rotatable bonds is 4. The Kier molecular flexibility index (Phi) is 4.48. The van der Waals surface area contributed by atoms with Gasteiger partial charge in [-0.25, -0.2) is 0 Å². The van der Waals surface area contributed by atoms with E-state index in [0.717, 1.165) is 27.3 Å². The summed E-state index contributed by atoms with van der Waals surface area (Å²) >= 11 is 11.6. The number of halogens is 2. The normalized spacial score (nSPS) is 12.9. The van der Waals surface area contributed by atoms with Gasteiger partial charge in [0, 0.05) is 28.9 Å². The van der Waals surface area contributed by atoms with Crippen molar-refractivity contribution in [3.63, 3.8) is 0 Å². The van der Waals surface area contributed by atoms with Gasteiger partial charge in [-0.2, -0.15) is 5.10 Å². The second-order valence-corrected chi connectivity index (χ2v) is 6.33. The van der Waals surface area contributed by atoms with Crippen molar-refractivity contribution in [2.24, 2.45) is 7.05 Å². The molecular formula is C12H15BrClN3S. The minimum absolute atomic E-state index is 0.242. The lowest BCUT2D eigenvalue weighted by Gasteiger charge is -2.15. The molecule has 0 fully saturated rings. The average Bonchev–Trinajstić information content (AvgIpc) is 2.84. The highest BCUT2D eigenvalue weighted by Crippen LogP contribution is 2.32. The first-order chi connectivity index (χ1) is 8.54. The Morgan fingerprint density at radius 3 is 2.78 bits per heavy atom. The summed E-state index contributed by atoms with van der Waals surface area (Å²) in [6.07, 6.45) is 0.825. The van der Waals surface area contributed by atoms with Crippen LogP contribution in [0.2, 0.25) is 5.02 Å². The molecule has 2 aromatic heterocycles. The van der Waals surface area contributed by atoms with Crippen LogP contribution in [0.4, 0.5) is 0 Å². The Morgan fingerprint density at radius 2 is 2.33 bits per heavy atom. The van der Waals surface area contributed by atoms with Gasteiger partial charge in [-0.1, -0.05) is 11.6 Å². The van der Waals surface area contributed by atoms with E-state index >= 15 is 0 Å². The molecule has 3 nitrogen and oxygen atoms in total. The van der Waals surface area contributed by atoms with Gasteiger partial charge in [0.2, 0.25) is 0 Å². The molecule has 0 aliphatic carbocycles. The quantitative estimate of drug-likeness (QED) is 0.913. The third-order valence-electron chi connectivity index (χ3n) is 2.97. The highest BCUT2D eigenvalue weighted by molar-refractivity contribution is 9.10. The van der Waals surface area contributed by atoms with Crippen molar-refractivity contribution in [2.45, 2.75) is 19.4 Å². The Labute approximate surface area is 124 Å². The molecule has 0 amide bonds. The molecule has 1 atom stereocenters. The van der Waals surface area contributed by atoms with Crippen molar-refractivity contribution in [2.75, 3.05) is 7.05 Å². The van der Waals surface area contributed by atoms with Crippen molar-refractivity contribution >= 4 is 38.9 Å². The number of nitrogens with zero attached hydrogens (tertiary/aromatic N) is 2. The van der Waals surface area contributed by atoms with Crippen LogP contribution in [-0.4, -0.2) is 16.8 Å². The van der Waals surface area contributed by atoms with Gasteiger partial charge < -0.3 is 5.32 Å². The average molecular weight is 349 g/mol. The molecule has 2 aromatic rings. The summed E-state index contributed by atoms with van der Waals surface area (Å²) in [5, 5.41) is 10.5. The second-order valence-electron chi connectivity index (χ2n) is 4.15. The lowest BCUT2D eigenvalue weighted by Crippen LogP contribution is -2.19. The van der Waals surface area contributed by atoms with Gasteiger partial charge in [0.15, 0.2) is 0 Å². The van der Waals surface area contributed by atoms with Crippen LogP contribution in [0.1, 0.15) is 22.3 Å². The first-order valence-corrected chi connectivity index (χ1v) is 7.67. The van der Waals surface area contributed by atoms with Crippen molar-refractivity contribution in [1.82, 2.24) is 15.1 Å². The number of aromatic nitrogens is 2. The highest BCUT2D eigenvalue weighted by atomic mass is 79.9. The molecule has 6 heteroatoms. The zero-order valence-corrected chi connectivity index (χ0v) is 13.7. The molecule has 2 heterocycles. The lowest BCUT2D eigenvalue weighted by molar-refractivity contribution is 0.567. The van der Waals surface area contributed by atoms with Gasteiger partial charge >= 0.3 is 0 Å². The van der Waals surface area contributed by atoms with Gasteiger partial charge in [0.1, 0.15) is 0 Å². The van der Waals surface area contributed by atoms with E-state index in [2.05, 4.69) is 37.8 Å². The van der Waals surface area contributed by atoms with E-state index < -0.39 is 0 Å². The van der Waals surface area contributed by atoms with Gasteiger partial charge in [0.25, 0.3) is 0 Å². The summed E-state index contributed by atoms with van der Waals surface area (Å²) < 4.78 is 3.01. The molecule has 0 saturated heterocycles. The minimum Gasteiger partial charge on any atom is -0.312 e. The van der Waals surface area contributed by atoms with Gasteiger partial charge in [0.05, 0.1) is 16.4 Å². The first-order valence-electron chi connectivity index (χ1n) is 5.62. The fraction of sp³-hybridized carbons (Fsp3) is 0.417. The van der Waals surface area contributed by atoms with E-state index in [9.17, 15) is 0 Å². The number of thiophene rings is 1. The summed E-state index contributed by atoms with van der Waals surface area (Å²) in [5.41, 5.74) is 1.95. The van der Waals surface area contributed by atoms with Crippen LogP contribution in [0.3, 0.4) is 0 Å². The Bertz CT molecular complexity index is 550. The molecule has 1 N–H and O–H groups in total. The molecule has 0 aromatic carbocycles. The van der Waals surface area contributed by atoms with Crippen LogP contribution >= 0.6 is 38.9 Å².